The van der Waals surface area contributed by atoms with Crippen LogP contribution in [0.4, 0.5) is 0 Å². The van der Waals surface area contributed by atoms with Gasteiger partial charge in [-0.05, 0) is 36.1 Å². The Hall–Kier alpha value is -1.78. The van der Waals surface area contributed by atoms with E-state index >= 15 is 0 Å². The van der Waals surface area contributed by atoms with Gasteiger partial charge in [0.25, 0.3) is 0 Å². The van der Waals surface area contributed by atoms with E-state index in [0.29, 0.717) is 23.3 Å². The van der Waals surface area contributed by atoms with Crippen LogP contribution in [0, 0.1) is 6.92 Å². The number of oxazole rings is 1. The van der Waals surface area contributed by atoms with E-state index in [-0.39, 0.29) is 0 Å². The standard InChI is InChI=1S/C15H12ClNO2S/c1-10-4-5-12(16)13(7-10)18-8-11-9-19-15(17-11)14-3-2-6-20-14/h2-7,9H,8H2,1H3. The first-order chi connectivity index (χ1) is 9.72. The summed E-state index contributed by atoms with van der Waals surface area (Å²) in [5, 5.41) is 2.58. The van der Waals surface area contributed by atoms with Crippen molar-refractivity contribution in [3.05, 3.63) is 58.3 Å². The van der Waals surface area contributed by atoms with E-state index in [9.17, 15) is 0 Å². The molecule has 2 heterocycles. The number of nitrogens with zero attached hydrogens (tertiary/aromatic N) is 1. The number of rotatable bonds is 4. The number of halogens is 1. The molecule has 0 aliphatic rings. The molecule has 0 aliphatic heterocycles. The Bertz CT molecular complexity index is 706. The van der Waals surface area contributed by atoms with E-state index in [1.807, 2.05) is 42.6 Å². The molecule has 0 fully saturated rings. The molecule has 102 valence electrons. The second-order valence-electron chi connectivity index (χ2n) is 4.34. The number of hydrogen-bond acceptors (Lipinski definition) is 4. The fourth-order valence-corrected chi connectivity index (χ4v) is 2.59. The topological polar surface area (TPSA) is 35.3 Å². The number of thiophene rings is 1. The number of benzene rings is 1. The highest BCUT2D eigenvalue weighted by molar-refractivity contribution is 7.13. The van der Waals surface area contributed by atoms with Gasteiger partial charge in [-0.3, -0.25) is 0 Å². The molecular weight excluding hydrogens is 294 g/mol. The summed E-state index contributed by atoms with van der Waals surface area (Å²) >= 11 is 7.67. The lowest BCUT2D eigenvalue weighted by molar-refractivity contribution is 0.301. The molecule has 1 aromatic carbocycles. The first kappa shape index (κ1) is 13.2. The zero-order chi connectivity index (χ0) is 13.9. The summed E-state index contributed by atoms with van der Waals surface area (Å²) in [5.41, 5.74) is 1.84. The Kier molecular flexibility index (Phi) is 3.76. The fraction of sp³-hybridized carbons (Fsp3) is 0.133. The number of aryl methyl sites for hydroxylation is 1. The Morgan fingerprint density at radius 1 is 1.35 bits per heavy atom. The SMILES string of the molecule is Cc1ccc(Cl)c(OCc2coc(-c3cccs3)n2)c1. The summed E-state index contributed by atoms with van der Waals surface area (Å²) in [6, 6.07) is 9.61. The van der Waals surface area contributed by atoms with Crippen LogP contribution in [0.2, 0.25) is 5.02 Å². The van der Waals surface area contributed by atoms with Crippen LogP contribution in [0.3, 0.4) is 0 Å². The molecule has 3 rings (SSSR count). The van der Waals surface area contributed by atoms with Crippen LogP contribution in [0.25, 0.3) is 10.8 Å². The van der Waals surface area contributed by atoms with Crippen molar-refractivity contribution in [2.24, 2.45) is 0 Å². The lowest BCUT2D eigenvalue weighted by atomic mass is 10.2. The lowest BCUT2D eigenvalue weighted by Gasteiger charge is -2.06. The molecule has 0 unspecified atom stereocenters. The summed E-state index contributed by atoms with van der Waals surface area (Å²) in [6.07, 6.45) is 1.61. The predicted molar refractivity (Wildman–Crippen MR) is 80.3 cm³/mol. The smallest absolute Gasteiger partial charge is 0.236 e. The molecule has 0 bridgehead atoms. The number of hydrogen-bond donors (Lipinski definition) is 0. The van der Waals surface area contributed by atoms with Crippen LogP contribution in [0.5, 0.6) is 5.75 Å². The lowest BCUT2D eigenvalue weighted by Crippen LogP contribution is -1.96. The van der Waals surface area contributed by atoms with Crippen molar-refractivity contribution in [1.82, 2.24) is 4.98 Å². The van der Waals surface area contributed by atoms with Crippen LogP contribution < -0.4 is 4.74 Å². The van der Waals surface area contributed by atoms with E-state index in [0.717, 1.165) is 16.1 Å². The molecule has 0 amide bonds. The molecule has 0 radical (unpaired) electrons. The number of aromatic nitrogens is 1. The minimum atomic E-state index is 0.331. The summed E-state index contributed by atoms with van der Waals surface area (Å²) in [7, 11) is 0. The highest BCUT2D eigenvalue weighted by Crippen LogP contribution is 2.27. The fourth-order valence-electron chi connectivity index (χ4n) is 1.76. The summed E-state index contributed by atoms with van der Waals surface area (Å²) < 4.78 is 11.1. The van der Waals surface area contributed by atoms with Crippen molar-refractivity contribution in [2.75, 3.05) is 0 Å². The van der Waals surface area contributed by atoms with Crippen LogP contribution in [-0.4, -0.2) is 4.98 Å². The average Bonchev–Trinajstić information content (AvgIpc) is 3.09. The number of ether oxygens (including phenoxy) is 1. The maximum Gasteiger partial charge on any atom is 0.236 e. The van der Waals surface area contributed by atoms with Gasteiger partial charge >= 0.3 is 0 Å². The van der Waals surface area contributed by atoms with Crippen molar-refractivity contribution >= 4 is 22.9 Å². The van der Waals surface area contributed by atoms with Crippen LogP contribution in [-0.2, 0) is 6.61 Å². The second kappa shape index (κ2) is 5.69. The van der Waals surface area contributed by atoms with Gasteiger partial charge in [0.15, 0.2) is 0 Å². The van der Waals surface area contributed by atoms with Gasteiger partial charge in [0, 0.05) is 0 Å². The van der Waals surface area contributed by atoms with E-state index in [1.165, 1.54) is 0 Å². The third-order valence-corrected chi connectivity index (χ3v) is 3.92. The van der Waals surface area contributed by atoms with Gasteiger partial charge in [0.1, 0.15) is 24.3 Å². The van der Waals surface area contributed by atoms with Gasteiger partial charge in [0.2, 0.25) is 5.89 Å². The first-order valence-corrected chi connectivity index (χ1v) is 7.35. The van der Waals surface area contributed by atoms with Crippen LogP contribution >= 0.6 is 22.9 Å². The van der Waals surface area contributed by atoms with Crippen LogP contribution in [0.1, 0.15) is 11.3 Å². The second-order valence-corrected chi connectivity index (χ2v) is 5.70. The van der Waals surface area contributed by atoms with Gasteiger partial charge in [-0.15, -0.1) is 11.3 Å². The van der Waals surface area contributed by atoms with Crippen LogP contribution in [0.15, 0.2) is 46.4 Å². The zero-order valence-corrected chi connectivity index (χ0v) is 12.4. The molecule has 2 aromatic heterocycles. The first-order valence-electron chi connectivity index (χ1n) is 6.09. The van der Waals surface area contributed by atoms with Crippen molar-refractivity contribution in [3.63, 3.8) is 0 Å². The predicted octanol–water partition coefficient (Wildman–Crippen LogP) is 4.94. The zero-order valence-electron chi connectivity index (χ0n) is 10.8. The minimum Gasteiger partial charge on any atom is -0.486 e. The van der Waals surface area contributed by atoms with E-state index in [4.69, 9.17) is 20.8 Å². The molecule has 0 atom stereocenters. The quantitative estimate of drug-likeness (QED) is 0.684. The molecular formula is C15H12ClNO2S. The van der Waals surface area contributed by atoms with E-state index in [2.05, 4.69) is 4.98 Å². The van der Waals surface area contributed by atoms with Crippen molar-refractivity contribution in [1.29, 1.82) is 0 Å². The highest BCUT2D eigenvalue weighted by atomic mass is 35.5. The molecule has 3 aromatic rings. The van der Waals surface area contributed by atoms with Crippen molar-refractivity contribution < 1.29 is 9.15 Å². The van der Waals surface area contributed by atoms with Gasteiger partial charge in [-0.2, -0.15) is 0 Å². The molecule has 0 saturated heterocycles. The Balaban J connectivity index is 1.71. The Morgan fingerprint density at radius 2 is 2.25 bits per heavy atom. The molecule has 0 saturated carbocycles. The summed E-state index contributed by atoms with van der Waals surface area (Å²) in [4.78, 5) is 5.40. The molecule has 0 N–H and O–H groups in total. The molecule has 20 heavy (non-hydrogen) atoms. The van der Waals surface area contributed by atoms with E-state index < -0.39 is 0 Å². The third kappa shape index (κ3) is 2.86. The average molecular weight is 306 g/mol. The Morgan fingerprint density at radius 3 is 3.05 bits per heavy atom. The van der Waals surface area contributed by atoms with Gasteiger partial charge in [0.05, 0.1) is 9.90 Å². The maximum atomic E-state index is 6.08. The summed E-state index contributed by atoms with van der Waals surface area (Å²) in [5.74, 6) is 1.28. The van der Waals surface area contributed by atoms with Gasteiger partial charge < -0.3 is 9.15 Å². The Labute approximate surface area is 125 Å². The van der Waals surface area contributed by atoms with Gasteiger partial charge in [-0.1, -0.05) is 23.7 Å². The molecule has 0 aliphatic carbocycles. The normalized spacial score (nSPS) is 10.7. The third-order valence-electron chi connectivity index (χ3n) is 2.75. The molecule has 3 nitrogen and oxygen atoms in total. The molecule has 0 spiro atoms. The van der Waals surface area contributed by atoms with Crippen molar-refractivity contribution in [2.45, 2.75) is 13.5 Å². The summed E-state index contributed by atoms with van der Waals surface area (Å²) in [6.45, 7) is 2.33. The minimum absolute atomic E-state index is 0.331. The van der Waals surface area contributed by atoms with Gasteiger partial charge in [-0.25, -0.2) is 4.98 Å². The van der Waals surface area contributed by atoms with Crippen molar-refractivity contribution in [3.8, 4) is 16.5 Å². The van der Waals surface area contributed by atoms with E-state index in [1.54, 1.807) is 17.6 Å². The highest BCUT2D eigenvalue weighted by Gasteiger charge is 2.09. The largest absolute Gasteiger partial charge is 0.486 e. The monoisotopic (exact) mass is 305 g/mol. The molecule has 5 heteroatoms. The maximum absolute atomic E-state index is 6.08.